The highest BCUT2D eigenvalue weighted by molar-refractivity contribution is 5.93. The Balaban J connectivity index is 1.32. The average molecular weight is 542 g/mol. The molecule has 2 aliphatic rings. The SMILES string of the molecule is CC(C)[C@@H](NC(=O)C1(NC(=O)OCC2c3ccccc3-c3ccccc32)CCN(Cc2ccccc2)C1)C(=O)O. The van der Waals surface area contributed by atoms with Crippen LogP contribution < -0.4 is 10.6 Å². The Hall–Kier alpha value is -4.17. The van der Waals surface area contributed by atoms with Gasteiger partial charge < -0.3 is 20.5 Å². The van der Waals surface area contributed by atoms with E-state index >= 15 is 0 Å². The van der Waals surface area contributed by atoms with Crippen LogP contribution in [0.3, 0.4) is 0 Å². The number of nitrogens with one attached hydrogen (secondary N) is 2. The molecule has 3 N–H and O–H groups in total. The molecule has 0 spiro atoms. The van der Waals surface area contributed by atoms with Crippen molar-refractivity contribution in [2.75, 3.05) is 19.7 Å². The van der Waals surface area contributed by atoms with Gasteiger partial charge >= 0.3 is 12.1 Å². The normalized spacial score (nSPS) is 19.1. The van der Waals surface area contributed by atoms with Gasteiger partial charge in [-0.15, -0.1) is 0 Å². The smallest absolute Gasteiger partial charge is 0.408 e. The molecule has 5 rings (SSSR count). The monoisotopic (exact) mass is 541 g/mol. The van der Waals surface area contributed by atoms with Gasteiger partial charge in [0.05, 0.1) is 0 Å². The summed E-state index contributed by atoms with van der Waals surface area (Å²) >= 11 is 0. The largest absolute Gasteiger partial charge is 0.480 e. The van der Waals surface area contributed by atoms with E-state index in [0.717, 1.165) is 27.8 Å². The number of benzene rings is 3. The Morgan fingerprint density at radius 3 is 2.15 bits per heavy atom. The van der Waals surface area contributed by atoms with Crippen molar-refractivity contribution < 1.29 is 24.2 Å². The number of rotatable bonds is 9. The summed E-state index contributed by atoms with van der Waals surface area (Å²) in [6.07, 6.45) is -0.365. The summed E-state index contributed by atoms with van der Waals surface area (Å²) < 4.78 is 5.77. The van der Waals surface area contributed by atoms with Crippen LogP contribution in [0.5, 0.6) is 0 Å². The maximum Gasteiger partial charge on any atom is 0.408 e. The molecular weight excluding hydrogens is 506 g/mol. The molecule has 0 bridgehead atoms. The maximum absolute atomic E-state index is 13.6. The molecule has 1 unspecified atom stereocenters. The van der Waals surface area contributed by atoms with Crippen molar-refractivity contribution in [3.8, 4) is 11.1 Å². The third-order valence-electron chi connectivity index (χ3n) is 7.94. The topological polar surface area (TPSA) is 108 Å². The third-order valence-corrected chi connectivity index (χ3v) is 7.94. The fourth-order valence-electron chi connectivity index (χ4n) is 5.83. The molecule has 1 aliphatic heterocycles. The second-order valence-electron chi connectivity index (χ2n) is 11.0. The number of amides is 2. The minimum absolute atomic E-state index is 0.113. The van der Waals surface area contributed by atoms with Crippen LogP contribution in [0.25, 0.3) is 11.1 Å². The van der Waals surface area contributed by atoms with Gasteiger partial charge in [-0.05, 0) is 40.2 Å². The first kappa shape index (κ1) is 27.4. The summed E-state index contributed by atoms with van der Waals surface area (Å²) in [5.74, 6) is -2.07. The second kappa shape index (κ2) is 11.5. The Morgan fingerprint density at radius 2 is 1.55 bits per heavy atom. The molecule has 2 atom stereocenters. The lowest BCUT2D eigenvalue weighted by molar-refractivity contribution is -0.144. The molecule has 2 amide bonds. The molecule has 1 saturated heterocycles. The highest BCUT2D eigenvalue weighted by Crippen LogP contribution is 2.44. The van der Waals surface area contributed by atoms with Crippen LogP contribution in [0.2, 0.25) is 0 Å². The van der Waals surface area contributed by atoms with Crippen LogP contribution in [-0.4, -0.2) is 59.3 Å². The minimum Gasteiger partial charge on any atom is -0.480 e. The first-order valence-corrected chi connectivity index (χ1v) is 13.7. The van der Waals surface area contributed by atoms with E-state index in [4.69, 9.17) is 4.74 Å². The summed E-state index contributed by atoms with van der Waals surface area (Å²) in [5, 5.41) is 15.2. The van der Waals surface area contributed by atoms with Gasteiger partial charge in [0.15, 0.2) is 0 Å². The molecule has 40 heavy (non-hydrogen) atoms. The number of fused-ring (bicyclic) bond motifs is 3. The molecule has 1 fully saturated rings. The molecule has 1 aliphatic carbocycles. The Morgan fingerprint density at radius 1 is 0.950 bits per heavy atom. The van der Waals surface area contributed by atoms with E-state index in [0.29, 0.717) is 19.5 Å². The van der Waals surface area contributed by atoms with Crippen molar-refractivity contribution in [2.24, 2.45) is 5.92 Å². The Labute approximate surface area is 234 Å². The highest BCUT2D eigenvalue weighted by Gasteiger charge is 2.47. The van der Waals surface area contributed by atoms with Crippen molar-refractivity contribution in [3.63, 3.8) is 0 Å². The molecule has 3 aromatic carbocycles. The van der Waals surface area contributed by atoms with E-state index in [1.165, 1.54) is 0 Å². The summed E-state index contributed by atoms with van der Waals surface area (Å²) in [5.41, 5.74) is 4.22. The minimum atomic E-state index is -1.32. The zero-order chi connectivity index (χ0) is 28.3. The maximum atomic E-state index is 13.6. The van der Waals surface area contributed by atoms with Gasteiger partial charge in [-0.2, -0.15) is 0 Å². The van der Waals surface area contributed by atoms with Crippen molar-refractivity contribution >= 4 is 18.0 Å². The summed E-state index contributed by atoms with van der Waals surface area (Å²) in [4.78, 5) is 40.8. The fraction of sp³-hybridized carbons (Fsp3) is 0.344. The fourth-order valence-corrected chi connectivity index (χ4v) is 5.83. The molecule has 208 valence electrons. The van der Waals surface area contributed by atoms with Gasteiger partial charge in [-0.1, -0.05) is 92.7 Å². The summed E-state index contributed by atoms with van der Waals surface area (Å²) in [6, 6.07) is 25.0. The Kier molecular flexibility index (Phi) is 7.89. The van der Waals surface area contributed by atoms with Crippen LogP contribution in [-0.2, 0) is 20.9 Å². The van der Waals surface area contributed by atoms with Crippen molar-refractivity contribution in [3.05, 3.63) is 95.6 Å². The molecular formula is C32H35N3O5. The molecule has 0 saturated carbocycles. The van der Waals surface area contributed by atoms with E-state index in [1.807, 2.05) is 66.7 Å². The van der Waals surface area contributed by atoms with Crippen molar-refractivity contribution in [1.82, 2.24) is 15.5 Å². The number of hydrogen-bond donors (Lipinski definition) is 3. The van der Waals surface area contributed by atoms with Crippen LogP contribution in [0.1, 0.15) is 42.9 Å². The second-order valence-corrected chi connectivity index (χ2v) is 11.0. The number of carboxylic acid groups (broad SMARTS) is 1. The molecule has 3 aromatic rings. The Bertz CT molecular complexity index is 1350. The zero-order valence-electron chi connectivity index (χ0n) is 22.8. The number of nitrogens with zero attached hydrogens (tertiary/aromatic N) is 1. The third kappa shape index (κ3) is 5.58. The molecule has 0 radical (unpaired) electrons. The van der Waals surface area contributed by atoms with Crippen LogP contribution in [0, 0.1) is 5.92 Å². The number of aliphatic carboxylic acids is 1. The molecule has 1 heterocycles. The van der Waals surface area contributed by atoms with Gasteiger partial charge in [0.1, 0.15) is 18.2 Å². The standard InChI is InChI=1S/C32H35N3O5/c1-21(2)28(29(36)37)33-30(38)32(16-17-35(20-32)18-22-10-4-3-5-11-22)34-31(39)40-19-27-25-14-8-6-12-23(25)24-13-7-9-15-26(24)27/h3-15,21,27-28H,16-20H2,1-2H3,(H,33,38)(H,34,39)(H,36,37)/t28-,32?/m1/s1. The van der Waals surface area contributed by atoms with Crippen LogP contribution in [0.4, 0.5) is 4.79 Å². The number of ether oxygens (including phenoxy) is 1. The lowest BCUT2D eigenvalue weighted by Crippen LogP contribution is -2.63. The predicted molar refractivity (Wildman–Crippen MR) is 152 cm³/mol. The number of carboxylic acids is 1. The average Bonchev–Trinajstić information content (AvgIpc) is 3.50. The van der Waals surface area contributed by atoms with Gasteiger partial charge in [-0.3, -0.25) is 9.69 Å². The number of likely N-dealkylation sites (tertiary alicyclic amines) is 1. The van der Waals surface area contributed by atoms with E-state index in [-0.39, 0.29) is 25.0 Å². The first-order chi connectivity index (χ1) is 19.3. The van der Waals surface area contributed by atoms with E-state index in [9.17, 15) is 19.5 Å². The number of carbonyl (C=O) groups excluding carboxylic acids is 2. The van der Waals surface area contributed by atoms with Crippen molar-refractivity contribution in [2.45, 2.75) is 44.3 Å². The number of hydrogen-bond acceptors (Lipinski definition) is 5. The quantitative estimate of drug-likeness (QED) is 0.371. The number of alkyl carbamates (subject to hydrolysis) is 1. The van der Waals surface area contributed by atoms with Crippen LogP contribution >= 0.6 is 0 Å². The van der Waals surface area contributed by atoms with Gasteiger partial charge in [-0.25, -0.2) is 9.59 Å². The molecule has 8 heteroatoms. The number of carbonyl (C=O) groups is 3. The zero-order valence-corrected chi connectivity index (χ0v) is 22.8. The van der Waals surface area contributed by atoms with E-state index in [2.05, 4.69) is 27.7 Å². The van der Waals surface area contributed by atoms with E-state index in [1.54, 1.807) is 13.8 Å². The molecule has 8 nitrogen and oxygen atoms in total. The predicted octanol–water partition coefficient (Wildman–Crippen LogP) is 4.40. The first-order valence-electron chi connectivity index (χ1n) is 13.7. The van der Waals surface area contributed by atoms with Crippen LogP contribution in [0.15, 0.2) is 78.9 Å². The van der Waals surface area contributed by atoms with Gasteiger partial charge in [0.25, 0.3) is 0 Å². The summed E-state index contributed by atoms with van der Waals surface area (Å²) in [7, 11) is 0. The molecule has 0 aromatic heterocycles. The summed E-state index contributed by atoms with van der Waals surface area (Å²) in [6.45, 7) is 5.00. The highest BCUT2D eigenvalue weighted by atomic mass is 16.5. The van der Waals surface area contributed by atoms with Crippen molar-refractivity contribution in [1.29, 1.82) is 0 Å². The van der Waals surface area contributed by atoms with E-state index < -0.39 is 29.6 Å². The van der Waals surface area contributed by atoms with Gasteiger partial charge in [0, 0.05) is 25.6 Å². The van der Waals surface area contributed by atoms with Gasteiger partial charge in [0.2, 0.25) is 5.91 Å². The lowest BCUT2D eigenvalue weighted by atomic mass is 9.95. The lowest BCUT2D eigenvalue weighted by Gasteiger charge is -2.31.